The highest BCUT2D eigenvalue weighted by atomic mass is 16.5. The lowest BCUT2D eigenvalue weighted by Gasteiger charge is -2.56. The van der Waals surface area contributed by atoms with Gasteiger partial charge in [-0.2, -0.15) is 0 Å². The topological polar surface area (TPSA) is 43.4 Å². The fraction of sp³-hybridized carbons (Fsp3) is 0.568. The van der Waals surface area contributed by atoms with Crippen LogP contribution in [0.25, 0.3) is 0 Å². The van der Waals surface area contributed by atoms with Gasteiger partial charge in [-0.05, 0) is 93.4 Å². The van der Waals surface area contributed by atoms with Crippen molar-refractivity contribution in [2.45, 2.75) is 113 Å². The van der Waals surface area contributed by atoms with Gasteiger partial charge in [0, 0.05) is 28.9 Å². The van der Waals surface area contributed by atoms with Gasteiger partial charge in [0.25, 0.3) is 0 Å². The zero-order chi connectivity index (χ0) is 29.9. The van der Waals surface area contributed by atoms with Crippen molar-refractivity contribution in [2.75, 3.05) is 0 Å². The van der Waals surface area contributed by atoms with E-state index in [1.165, 1.54) is 16.7 Å². The molecular formula is C37H52O3. The van der Waals surface area contributed by atoms with Gasteiger partial charge >= 0.3 is 0 Å². The molecule has 3 rings (SSSR count). The summed E-state index contributed by atoms with van der Waals surface area (Å²) in [7, 11) is 0. The molecule has 0 unspecified atom stereocenters. The molecule has 0 saturated carbocycles. The van der Waals surface area contributed by atoms with Crippen LogP contribution in [0.5, 0.6) is 0 Å². The van der Waals surface area contributed by atoms with Gasteiger partial charge in [-0.1, -0.05) is 79.1 Å². The number of carbonyl (C=O) groups is 2. The van der Waals surface area contributed by atoms with E-state index >= 15 is 0 Å². The summed E-state index contributed by atoms with van der Waals surface area (Å²) in [5.41, 5.74) is 3.33. The van der Waals surface area contributed by atoms with Crippen molar-refractivity contribution in [2.24, 2.45) is 22.7 Å². The highest BCUT2D eigenvalue weighted by Crippen LogP contribution is 2.62. The summed E-state index contributed by atoms with van der Waals surface area (Å²) in [6, 6.07) is 9.52. The molecule has 40 heavy (non-hydrogen) atoms. The summed E-state index contributed by atoms with van der Waals surface area (Å²) >= 11 is 0. The number of ketones is 2. The highest BCUT2D eigenvalue weighted by molar-refractivity contribution is 6.11. The third-order valence-electron chi connectivity index (χ3n) is 9.21. The first kappa shape index (κ1) is 31.8. The number of allylic oxidation sites excluding steroid dienone is 8. The molecule has 1 aliphatic carbocycles. The van der Waals surface area contributed by atoms with E-state index in [9.17, 15) is 9.59 Å². The van der Waals surface area contributed by atoms with Crippen molar-refractivity contribution < 1.29 is 14.3 Å². The molecule has 0 radical (unpaired) electrons. The number of rotatable bonds is 10. The Bertz CT molecular complexity index is 1210. The number of fused-ring (bicyclic) bond motifs is 1. The lowest BCUT2D eigenvalue weighted by molar-refractivity contribution is -0.152. The molecule has 1 aromatic carbocycles. The van der Waals surface area contributed by atoms with Crippen LogP contribution >= 0.6 is 0 Å². The van der Waals surface area contributed by atoms with E-state index in [0.29, 0.717) is 42.6 Å². The van der Waals surface area contributed by atoms with E-state index in [-0.39, 0.29) is 23.4 Å². The Balaban J connectivity index is 2.31. The van der Waals surface area contributed by atoms with Gasteiger partial charge in [0.2, 0.25) is 0 Å². The zero-order valence-electron chi connectivity index (χ0n) is 26.7. The van der Waals surface area contributed by atoms with Gasteiger partial charge in [0.1, 0.15) is 17.1 Å². The molecule has 3 nitrogen and oxygen atoms in total. The summed E-state index contributed by atoms with van der Waals surface area (Å²) in [5, 5.41) is 0. The zero-order valence-corrected chi connectivity index (χ0v) is 26.7. The SMILES string of the molecule is CC(C)=CCCC(=O)[C@@]12C[C@H](CC=C(C)C)C(C)(C)OC1=C(C(=O)c1ccccc1)C(C)(C)[C@H](CC=C(C)C)C2. The molecule has 1 saturated heterocycles. The Kier molecular flexibility index (Phi) is 9.91. The normalized spacial score (nSPS) is 24.8. The lowest BCUT2D eigenvalue weighted by atomic mass is 9.52. The Morgan fingerprint density at radius 1 is 0.800 bits per heavy atom. The predicted octanol–water partition coefficient (Wildman–Crippen LogP) is 10.00. The molecule has 2 aliphatic rings. The Morgan fingerprint density at radius 2 is 1.32 bits per heavy atom. The van der Waals surface area contributed by atoms with E-state index in [0.717, 1.165) is 12.8 Å². The Labute approximate surface area is 243 Å². The van der Waals surface area contributed by atoms with Crippen LogP contribution < -0.4 is 0 Å². The van der Waals surface area contributed by atoms with Crippen molar-refractivity contribution in [3.8, 4) is 0 Å². The molecule has 1 heterocycles. The van der Waals surface area contributed by atoms with E-state index in [4.69, 9.17) is 4.74 Å². The fourth-order valence-corrected chi connectivity index (χ4v) is 6.56. The number of carbonyl (C=O) groups excluding carboxylic acids is 2. The number of ether oxygens (including phenoxy) is 1. The first-order valence-corrected chi connectivity index (χ1v) is 15.1. The number of hydrogen-bond donors (Lipinski definition) is 0. The van der Waals surface area contributed by atoms with Crippen molar-refractivity contribution in [3.63, 3.8) is 0 Å². The van der Waals surface area contributed by atoms with Gasteiger partial charge in [-0.15, -0.1) is 0 Å². The van der Waals surface area contributed by atoms with Gasteiger partial charge in [-0.3, -0.25) is 9.59 Å². The fourth-order valence-electron chi connectivity index (χ4n) is 6.56. The largest absolute Gasteiger partial charge is 0.490 e. The maximum atomic E-state index is 14.5. The smallest absolute Gasteiger partial charge is 0.192 e. The summed E-state index contributed by atoms with van der Waals surface area (Å²) in [4.78, 5) is 29.0. The number of Topliss-reactive ketones (excluding diaryl/α,β-unsaturated/α-hetero) is 2. The number of benzene rings is 1. The second kappa shape index (κ2) is 12.5. The van der Waals surface area contributed by atoms with E-state index in [1.807, 2.05) is 30.3 Å². The van der Waals surface area contributed by atoms with Gasteiger partial charge in [0.05, 0.1) is 5.41 Å². The monoisotopic (exact) mass is 544 g/mol. The number of hydrogen-bond acceptors (Lipinski definition) is 3. The highest BCUT2D eigenvalue weighted by Gasteiger charge is 2.60. The average molecular weight is 545 g/mol. The van der Waals surface area contributed by atoms with Crippen LogP contribution in [0, 0.1) is 22.7 Å². The van der Waals surface area contributed by atoms with Crippen LogP contribution in [-0.4, -0.2) is 17.2 Å². The van der Waals surface area contributed by atoms with Crippen LogP contribution in [0.4, 0.5) is 0 Å². The molecule has 1 aliphatic heterocycles. The molecule has 1 fully saturated rings. The second-order valence-corrected chi connectivity index (χ2v) is 14.0. The minimum atomic E-state index is -0.805. The van der Waals surface area contributed by atoms with E-state index < -0.39 is 16.4 Å². The standard InChI is InChI=1S/C37H52O3/c1-25(2)15-14-18-31(38)37-23-29(21-19-26(3)4)35(7,8)32(33(39)28-16-12-11-13-17-28)34(37)40-36(9,10)30(24-37)22-20-27(5)6/h11-13,15-17,19-20,29-30H,14,18,21-24H2,1-10H3/t29-,30+,37-/m1/s1. The van der Waals surface area contributed by atoms with Crippen LogP contribution in [0.3, 0.4) is 0 Å². The second-order valence-electron chi connectivity index (χ2n) is 14.0. The molecule has 3 atom stereocenters. The minimum Gasteiger partial charge on any atom is -0.490 e. The van der Waals surface area contributed by atoms with Gasteiger partial charge in [-0.25, -0.2) is 0 Å². The van der Waals surface area contributed by atoms with E-state index in [1.54, 1.807) is 0 Å². The van der Waals surface area contributed by atoms with Gasteiger partial charge in [0.15, 0.2) is 5.78 Å². The molecule has 0 amide bonds. The Morgan fingerprint density at radius 3 is 1.88 bits per heavy atom. The molecule has 0 bridgehead atoms. The third-order valence-corrected chi connectivity index (χ3v) is 9.21. The van der Waals surface area contributed by atoms with Crippen molar-refractivity contribution >= 4 is 11.6 Å². The molecule has 3 heteroatoms. The molecule has 0 N–H and O–H groups in total. The summed E-state index contributed by atoms with van der Waals surface area (Å²) in [6.45, 7) is 21.3. The van der Waals surface area contributed by atoms with Crippen LogP contribution in [0.15, 0.2) is 76.6 Å². The molecule has 0 spiro atoms. The Hall–Kier alpha value is -2.68. The molecule has 218 valence electrons. The average Bonchev–Trinajstić information content (AvgIpc) is 2.86. The van der Waals surface area contributed by atoms with Crippen molar-refractivity contribution in [1.82, 2.24) is 0 Å². The summed E-state index contributed by atoms with van der Waals surface area (Å²) in [6.07, 6.45) is 11.0. The van der Waals surface area contributed by atoms with Crippen LogP contribution in [-0.2, 0) is 9.53 Å². The van der Waals surface area contributed by atoms with Crippen LogP contribution in [0.1, 0.15) is 118 Å². The van der Waals surface area contributed by atoms with E-state index in [2.05, 4.69) is 87.5 Å². The van der Waals surface area contributed by atoms with Crippen molar-refractivity contribution in [3.05, 3.63) is 82.2 Å². The van der Waals surface area contributed by atoms with Crippen LogP contribution in [0.2, 0.25) is 0 Å². The first-order chi connectivity index (χ1) is 18.6. The maximum absolute atomic E-state index is 14.5. The predicted molar refractivity (Wildman–Crippen MR) is 167 cm³/mol. The minimum absolute atomic E-state index is 0.0116. The quantitative estimate of drug-likeness (QED) is 0.217. The summed E-state index contributed by atoms with van der Waals surface area (Å²) < 4.78 is 7.02. The third kappa shape index (κ3) is 6.78. The molecule has 1 aromatic rings. The van der Waals surface area contributed by atoms with Gasteiger partial charge < -0.3 is 4.74 Å². The maximum Gasteiger partial charge on any atom is 0.192 e. The molecule has 0 aromatic heterocycles. The summed E-state index contributed by atoms with van der Waals surface area (Å²) in [5.74, 6) is 1.16. The first-order valence-electron chi connectivity index (χ1n) is 15.1. The van der Waals surface area contributed by atoms with Crippen molar-refractivity contribution in [1.29, 1.82) is 0 Å². The lowest BCUT2D eigenvalue weighted by Crippen LogP contribution is -2.55. The molecular weight excluding hydrogens is 492 g/mol.